The number of pyridine rings is 1. The number of carbonyl (C=O) groups excluding carboxylic acids is 1. The van der Waals surface area contributed by atoms with Crippen LogP contribution in [0.15, 0.2) is 46.1 Å². The van der Waals surface area contributed by atoms with Crippen LogP contribution in [-0.2, 0) is 26.2 Å². The fraction of sp³-hybridized carbons (Fsp3) is 0.350. The predicted octanol–water partition coefficient (Wildman–Crippen LogP) is 0.612. The third-order valence-corrected chi connectivity index (χ3v) is 5.72. The molecule has 1 aromatic heterocycles. The van der Waals surface area contributed by atoms with Crippen LogP contribution in [-0.4, -0.2) is 38.0 Å². The minimum Gasteiger partial charge on any atom is -0.368 e. The monoisotopic (exact) mass is 464 g/mol. The van der Waals surface area contributed by atoms with Crippen LogP contribution in [0.25, 0.3) is 0 Å². The summed E-state index contributed by atoms with van der Waals surface area (Å²) < 4.78 is 29.0. The van der Waals surface area contributed by atoms with Gasteiger partial charge in [0.15, 0.2) is 0 Å². The molecule has 6 N–H and O–H groups in total. The highest BCUT2D eigenvalue weighted by molar-refractivity contribution is 7.92. The number of hydrogen-bond donors (Lipinski definition) is 5. The van der Waals surface area contributed by atoms with Gasteiger partial charge in [0.05, 0.1) is 11.5 Å². The second-order valence-electron chi connectivity index (χ2n) is 7.35. The van der Waals surface area contributed by atoms with E-state index in [1.54, 1.807) is 25.1 Å². The Morgan fingerprint density at radius 1 is 1.25 bits per heavy atom. The van der Waals surface area contributed by atoms with Crippen molar-refractivity contribution in [1.82, 2.24) is 15.4 Å². The van der Waals surface area contributed by atoms with Crippen molar-refractivity contribution in [2.24, 2.45) is 5.73 Å². The summed E-state index contributed by atoms with van der Waals surface area (Å²) in [7, 11) is -3.98. The minimum atomic E-state index is -3.98. The average molecular weight is 465 g/mol. The van der Waals surface area contributed by atoms with Gasteiger partial charge in [-0.1, -0.05) is 26.0 Å². The molecule has 12 heteroatoms. The number of sulfonamides is 1. The van der Waals surface area contributed by atoms with Crippen LogP contribution < -0.4 is 26.8 Å². The Bertz CT molecular complexity index is 1140. The number of anilines is 1. The molecule has 32 heavy (non-hydrogen) atoms. The SMILES string of the molecule is Cc1cccc(S(=O)(=O)Nc2ccc(C(C)C)n(CC(=O)NCCONC(=N)N)c2=O)c1. The molecule has 1 amide bonds. The molecule has 0 radical (unpaired) electrons. The summed E-state index contributed by atoms with van der Waals surface area (Å²) >= 11 is 0. The number of hydrogen-bond acceptors (Lipinski definition) is 6. The lowest BCUT2D eigenvalue weighted by Crippen LogP contribution is -2.38. The first-order valence-electron chi connectivity index (χ1n) is 9.83. The van der Waals surface area contributed by atoms with Gasteiger partial charge in [-0.3, -0.25) is 24.6 Å². The molecule has 0 atom stereocenters. The summed E-state index contributed by atoms with van der Waals surface area (Å²) in [6.45, 7) is 5.36. The topological polar surface area (TPSA) is 168 Å². The van der Waals surface area contributed by atoms with E-state index in [9.17, 15) is 18.0 Å². The number of aromatic nitrogens is 1. The van der Waals surface area contributed by atoms with Gasteiger partial charge in [-0.25, -0.2) is 13.9 Å². The molecule has 1 aromatic carbocycles. The summed E-state index contributed by atoms with van der Waals surface area (Å²) in [5.41, 5.74) is 7.77. The maximum atomic E-state index is 13.0. The fourth-order valence-electron chi connectivity index (χ4n) is 2.89. The van der Waals surface area contributed by atoms with Crippen LogP contribution >= 0.6 is 0 Å². The number of guanidine groups is 1. The first kappa shape index (κ1) is 24.9. The largest absolute Gasteiger partial charge is 0.368 e. The third-order valence-electron chi connectivity index (χ3n) is 4.35. The maximum absolute atomic E-state index is 13.0. The van der Waals surface area contributed by atoms with Gasteiger partial charge in [-0.15, -0.1) is 0 Å². The van der Waals surface area contributed by atoms with Crippen molar-refractivity contribution in [2.75, 3.05) is 17.9 Å². The lowest BCUT2D eigenvalue weighted by Gasteiger charge is -2.17. The van der Waals surface area contributed by atoms with Gasteiger partial charge in [0.25, 0.3) is 15.6 Å². The number of nitrogens with two attached hydrogens (primary N) is 1. The zero-order chi connectivity index (χ0) is 23.9. The van der Waals surface area contributed by atoms with E-state index >= 15 is 0 Å². The summed E-state index contributed by atoms with van der Waals surface area (Å²) in [5.74, 6) is -0.908. The van der Waals surface area contributed by atoms with Crippen molar-refractivity contribution in [3.63, 3.8) is 0 Å². The second-order valence-corrected chi connectivity index (χ2v) is 9.04. The van der Waals surface area contributed by atoms with Crippen LogP contribution in [0.3, 0.4) is 0 Å². The molecule has 2 aromatic rings. The van der Waals surface area contributed by atoms with E-state index in [1.807, 2.05) is 13.8 Å². The van der Waals surface area contributed by atoms with Gasteiger partial charge in [0.1, 0.15) is 12.2 Å². The van der Waals surface area contributed by atoms with Gasteiger partial charge < -0.3 is 15.6 Å². The van der Waals surface area contributed by atoms with Crippen molar-refractivity contribution in [1.29, 1.82) is 5.41 Å². The molecule has 0 saturated carbocycles. The Morgan fingerprint density at radius 3 is 2.59 bits per heavy atom. The van der Waals surface area contributed by atoms with Crippen LogP contribution in [0.5, 0.6) is 0 Å². The van der Waals surface area contributed by atoms with Crippen molar-refractivity contribution in [2.45, 2.75) is 38.1 Å². The Labute approximate surface area is 186 Å². The van der Waals surface area contributed by atoms with E-state index in [0.29, 0.717) is 5.69 Å². The van der Waals surface area contributed by atoms with Crippen LogP contribution in [0.4, 0.5) is 5.69 Å². The summed E-state index contributed by atoms with van der Waals surface area (Å²) in [4.78, 5) is 30.3. The van der Waals surface area contributed by atoms with E-state index in [2.05, 4.69) is 15.5 Å². The molecule has 174 valence electrons. The number of nitrogens with one attached hydrogen (secondary N) is 4. The molecule has 0 fully saturated rings. The Morgan fingerprint density at radius 2 is 1.97 bits per heavy atom. The first-order chi connectivity index (χ1) is 15.0. The van der Waals surface area contributed by atoms with Crippen molar-refractivity contribution in [3.8, 4) is 0 Å². The molecule has 0 aliphatic carbocycles. The molecule has 0 unspecified atom stereocenters. The van der Waals surface area contributed by atoms with Gasteiger partial charge in [-0.05, 0) is 42.7 Å². The third kappa shape index (κ3) is 6.82. The molecule has 0 bridgehead atoms. The van der Waals surface area contributed by atoms with Crippen molar-refractivity contribution in [3.05, 3.63) is 58.0 Å². The van der Waals surface area contributed by atoms with E-state index in [4.69, 9.17) is 16.0 Å². The second kappa shape index (κ2) is 10.8. The number of amides is 1. The lowest BCUT2D eigenvalue weighted by atomic mass is 10.1. The number of aryl methyl sites for hydroxylation is 1. The summed E-state index contributed by atoms with van der Waals surface area (Å²) in [5, 5.41) is 9.55. The minimum absolute atomic E-state index is 0.0355. The van der Waals surface area contributed by atoms with E-state index in [1.165, 1.54) is 22.8 Å². The van der Waals surface area contributed by atoms with Crippen molar-refractivity contribution < 1.29 is 18.0 Å². The predicted molar refractivity (Wildman–Crippen MR) is 121 cm³/mol. The maximum Gasteiger partial charge on any atom is 0.275 e. The fourth-order valence-corrected chi connectivity index (χ4v) is 4.05. The van der Waals surface area contributed by atoms with Gasteiger partial charge in [0, 0.05) is 12.2 Å². The molecule has 1 heterocycles. The van der Waals surface area contributed by atoms with E-state index in [0.717, 1.165) is 5.56 Å². The standard InChI is InChI=1S/C20H28N6O5S/c1-13(2)17-8-7-16(25-32(29,30)15-6-4-5-14(3)11-15)19(28)26(17)12-18(27)23-9-10-31-24-20(21)22/h4-8,11,13,25H,9-10,12H2,1-3H3,(H,23,27)(H4,21,22,24). The summed E-state index contributed by atoms with van der Waals surface area (Å²) in [6.07, 6.45) is 0. The summed E-state index contributed by atoms with van der Waals surface area (Å²) in [6, 6.07) is 9.34. The highest BCUT2D eigenvalue weighted by atomic mass is 32.2. The van der Waals surface area contributed by atoms with E-state index < -0.39 is 21.5 Å². The molecule has 2 rings (SSSR count). The highest BCUT2D eigenvalue weighted by Gasteiger charge is 2.19. The molecule has 0 spiro atoms. The van der Waals surface area contributed by atoms with Crippen LogP contribution in [0, 0.1) is 12.3 Å². The Hall–Kier alpha value is -3.38. The Balaban J connectivity index is 2.22. The molecule has 11 nitrogen and oxygen atoms in total. The number of carbonyl (C=O) groups is 1. The molecule has 0 saturated heterocycles. The number of hydroxylamine groups is 1. The number of nitrogens with zero attached hydrogens (tertiary/aromatic N) is 1. The first-order valence-corrected chi connectivity index (χ1v) is 11.3. The normalized spacial score (nSPS) is 11.2. The van der Waals surface area contributed by atoms with Gasteiger partial charge in [-0.2, -0.15) is 0 Å². The molecular weight excluding hydrogens is 436 g/mol. The molecule has 0 aliphatic rings. The van der Waals surface area contributed by atoms with Gasteiger partial charge in [0.2, 0.25) is 11.9 Å². The Kier molecular flexibility index (Phi) is 8.38. The lowest BCUT2D eigenvalue weighted by molar-refractivity contribution is -0.122. The zero-order valence-corrected chi connectivity index (χ0v) is 19.0. The number of benzene rings is 1. The molecule has 0 aliphatic heterocycles. The highest BCUT2D eigenvalue weighted by Crippen LogP contribution is 2.18. The van der Waals surface area contributed by atoms with Crippen molar-refractivity contribution >= 4 is 27.6 Å². The number of rotatable bonds is 10. The average Bonchev–Trinajstić information content (AvgIpc) is 2.70. The zero-order valence-electron chi connectivity index (χ0n) is 18.1. The van der Waals surface area contributed by atoms with Crippen LogP contribution in [0.1, 0.15) is 31.0 Å². The van der Waals surface area contributed by atoms with E-state index in [-0.39, 0.29) is 42.2 Å². The molecular formula is C20H28N6O5S. The smallest absolute Gasteiger partial charge is 0.275 e. The van der Waals surface area contributed by atoms with Gasteiger partial charge >= 0.3 is 0 Å². The van der Waals surface area contributed by atoms with Crippen LogP contribution in [0.2, 0.25) is 0 Å². The quantitative estimate of drug-likeness (QED) is 0.148.